The summed E-state index contributed by atoms with van der Waals surface area (Å²) in [5.74, 6) is 4.86. The molecule has 51 heavy (non-hydrogen) atoms. The quantitative estimate of drug-likeness (QED) is 0.221. The minimum atomic E-state index is -0.117. The number of fused-ring (bicyclic) bond motifs is 11. The van der Waals surface area contributed by atoms with E-state index >= 15 is 0 Å². The fraction of sp³-hybridized carbons (Fsp3) is 0.667. The lowest BCUT2D eigenvalue weighted by Gasteiger charge is -2.57. The molecule has 8 aliphatic carbocycles. The van der Waals surface area contributed by atoms with Crippen molar-refractivity contribution in [1.82, 2.24) is 9.55 Å². The normalized spacial score (nSPS) is 45.1. The van der Waals surface area contributed by atoms with E-state index in [4.69, 9.17) is 0 Å². The second-order valence-electron chi connectivity index (χ2n) is 18.9. The molecule has 1 heterocycles. The molecule has 1 aromatic carbocycles. The first kappa shape index (κ1) is 37.0. The van der Waals surface area contributed by atoms with Gasteiger partial charge in [0.05, 0.1) is 23.2 Å². The summed E-state index contributed by atoms with van der Waals surface area (Å²) in [5, 5.41) is 20.3. The third kappa shape index (κ3) is 5.61. The number of rotatable bonds is 1. The van der Waals surface area contributed by atoms with Gasteiger partial charge in [0, 0.05) is 16.5 Å². The Bertz CT molecular complexity index is 1810. The van der Waals surface area contributed by atoms with Crippen molar-refractivity contribution < 1.29 is 10.2 Å². The molecule has 0 bridgehead atoms. The summed E-state index contributed by atoms with van der Waals surface area (Å²) in [6, 6.07) is 8.52. The maximum Gasteiger partial charge on any atom is 0.100 e. The van der Waals surface area contributed by atoms with Crippen molar-refractivity contribution in [3.8, 4) is 0 Å². The van der Waals surface area contributed by atoms with Crippen LogP contribution in [0.15, 0.2) is 69.6 Å². The van der Waals surface area contributed by atoms with E-state index < -0.39 is 0 Å². The maximum atomic E-state index is 10.2. The molecule has 0 amide bonds. The zero-order valence-corrected chi connectivity index (χ0v) is 35.8. The highest BCUT2D eigenvalue weighted by Crippen LogP contribution is 2.67. The van der Waals surface area contributed by atoms with Crippen molar-refractivity contribution in [1.29, 1.82) is 0 Å². The minimum absolute atomic E-state index is 0. The van der Waals surface area contributed by atoms with Crippen molar-refractivity contribution in [2.45, 2.75) is 130 Å². The summed E-state index contributed by atoms with van der Waals surface area (Å²) in [6.45, 7) is 10.1. The molecular weight excluding hydrogens is 854 g/mol. The first-order valence-electron chi connectivity index (χ1n) is 20.2. The van der Waals surface area contributed by atoms with Crippen LogP contribution in [0, 0.1) is 57.2 Å². The monoisotopic (exact) mass is 914 g/mol. The molecule has 10 rings (SSSR count). The van der Waals surface area contributed by atoms with Crippen molar-refractivity contribution in [3.05, 3.63) is 69.6 Å². The lowest BCUT2D eigenvalue weighted by molar-refractivity contribution is -0.0268. The Morgan fingerprint density at radius 2 is 1.18 bits per heavy atom. The average molecular weight is 915 g/mol. The van der Waals surface area contributed by atoms with Gasteiger partial charge in [-0.1, -0.05) is 75.3 Å². The third-order valence-corrected chi connectivity index (χ3v) is 18.6. The van der Waals surface area contributed by atoms with Gasteiger partial charge in [-0.05, 0) is 175 Å². The molecule has 0 saturated heterocycles. The standard InChI is InChI=1S/C26H32N2O.C19H27IO.HI/c1-25-13-11-18(29)15-17(25)7-8-19-20-9-10-24(26(20,2)14-12-21(19)25)28-16-27-22-5-3-4-6-23(22)28;1-18-9-7-13(21)11-12(18)3-4-14-15-5-6-17(20)19(15,2)10-8-16(14)18;/h3-7,10,16,18-21,29H,8-9,11-15H2,1-2H3;3,6,13-16,21H,4-5,7-11H2,1-2H3;1H/t18-,19?,20?,21?,25-,26-;13-,14?,15?,16?,18-,19-;/m00./s1. The Hall–Kier alpha value is -0.970. The first-order valence-corrected chi connectivity index (χ1v) is 21.3. The number of allylic oxidation sites excluding steroid dienone is 6. The van der Waals surface area contributed by atoms with Gasteiger partial charge in [-0.2, -0.15) is 0 Å². The summed E-state index contributed by atoms with van der Waals surface area (Å²) < 4.78 is 4.00. The van der Waals surface area contributed by atoms with Crippen molar-refractivity contribution >= 4 is 63.3 Å². The molecule has 1 aromatic heterocycles. The second-order valence-corrected chi connectivity index (χ2v) is 20.1. The van der Waals surface area contributed by atoms with Crippen LogP contribution in [0.5, 0.6) is 0 Å². The largest absolute Gasteiger partial charge is 0.393 e. The van der Waals surface area contributed by atoms with Gasteiger partial charge in [-0.15, -0.1) is 24.0 Å². The third-order valence-electron chi connectivity index (χ3n) is 16.9. The molecule has 0 aliphatic heterocycles. The molecule has 2 N–H and O–H groups in total. The SMILES string of the molecule is C[C@]12CC[C@H](O)CC1=CCC1C2CC[C@]2(C)C(I)=CCC12.C[C@]12CC[C@H](O)CC1=CCC1C2CC[C@]2(C)C(n3cnc4ccccc43)=CCC12.I. The lowest BCUT2D eigenvalue weighted by Crippen LogP contribution is -2.50. The van der Waals surface area contributed by atoms with Crippen LogP contribution in [0.3, 0.4) is 0 Å². The van der Waals surface area contributed by atoms with Crippen LogP contribution in [0.1, 0.15) is 118 Å². The van der Waals surface area contributed by atoms with E-state index in [-0.39, 0.29) is 41.6 Å². The molecule has 12 atom stereocenters. The highest BCUT2D eigenvalue weighted by atomic mass is 127. The topological polar surface area (TPSA) is 58.3 Å². The van der Waals surface area contributed by atoms with Crippen LogP contribution in [0.2, 0.25) is 0 Å². The zero-order valence-electron chi connectivity index (χ0n) is 31.3. The van der Waals surface area contributed by atoms with Gasteiger partial charge in [-0.3, -0.25) is 0 Å². The van der Waals surface area contributed by atoms with E-state index in [1.807, 2.05) is 6.33 Å². The van der Waals surface area contributed by atoms with Crippen LogP contribution in [0.4, 0.5) is 0 Å². The summed E-state index contributed by atoms with van der Waals surface area (Å²) in [5.41, 5.74) is 8.37. The fourth-order valence-corrected chi connectivity index (χ4v) is 14.8. The van der Waals surface area contributed by atoms with Crippen molar-refractivity contribution in [3.63, 3.8) is 0 Å². The lowest BCUT2D eigenvalue weighted by atomic mass is 9.48. The number of aliphatic hydroxyl groups excluding tert-OH is 2. The first-order chi connectivity index (χ1) is 24.0. The van der Waals surface area contributed by atoms with Crippen LogP contribution in [0.25, 0.3) is 16.7 Å². The van der Waals surface area contributed by atoms with Crippen LogP contribution in [-0.4, -0.2) is 32.0 Å². The van der Waals surface area contributed by atoms with Gasteiger partial charge in [0.15, 0.2) is 0 Å². The summed E-state index contributed by atoms with van der Waals surface area (Å²) in [7, 11) is 0. The van der Waals surface area contributed by atoms with Gasteiger partial charge >= 0.3 is 0 Å². The fourth-order valence-electron chi connectivity index (χ4n) is 13.9. The maximum absolute atomic E-state index is 10.2. The number of benzene rings is 1. The number of imidazole rings is 1. The van der Waals surface area contributed by atoms with Gasteiger partial charge in [0.25, 0.3) is 0 Å². The van der Waals surface area contributed by atoms with E-state index in [9.17, 15) is 10.2 Å². The number of hydrogen-bond acceptors (Lipinski definition) is 3. The summed E-state index contributed by atoms with van der Waals surface area (Å²) in [4.78, 5) is 4.67. The Balaban J connectivity index is 0.000000151. The predicted molar refractivity (Wildman–Crippen MR) is 228 cm³/mol. The Morgan fingerprint density at radius 1 is 0.647 bits per heavy atom. The molecule has 8 aliphatic rings. The Labute approximate surface area is 337 Å². The van der Waals surface area contributed by atoms with Crippen LogP contribution < -0.4 is 0 Å². The minimum Gasteiger partial charge on any atom is -0.393 e. The Morgan fingerprint density at radius 3 is 1.80 bits per heavy atom. The molecule has 6 unspecified atom stereocenters. The number of nitrogens with zero attached hydrogens (tertiary/aromatic N) is 2. The molecule has 4 fully saturated rings. The van der Waals surface area contributed by atoms with E-state index in [1.165, 1.54) is 69.0 Å². The molecule has 0 spiro atoms. The number of aromatic nitrogens is 2. The molecule has 276 valence electrons. The highest BCUT2D eigenvalue weighted by molar-refractivity contribution is 14.1. The zero-order chi connectivity index (χ0) is 34.6. The van der Waals surface area contributed by atoms with Gasteiger partial charge in [0.1, 0.15) is 6.33 Å². The van der Waals surface area contributed by atoms with Gasteiger partial charge in [0.2, 0.25) is 0 Å². The molecule has 0 radical (unpaired) electrons. The second kappa shape index (κ2) is 13.4. The molecule has 4 nitrogen and oxygen atoms in total. The summed E-state index contributed by atoms with van der Waals surface area (Å²) in [6.07, 6.45) is 28.4. The van der Waals surface area contributed by atoms with E-state index in [0.717, 1.165) is 73.1 Å². The number of halogens is 2. The molecule has 6 heteroatoms. The number of hydrogen-bond donors (Lipinski definition) is 2. The predicted octanol–water partition coefficient (Wildman–Crippen LogP) is 11.7. The van der Waals surface area contributed by atoms with E-state index in [1.54, 1.807) is 14.7 Å². The summed E-state index contributed by atoms with van der Waals surface area (Å²) >= 11 is 2.60. The van der Waals surface area contributed by atoms with E-state index in [2.05, 4.69) is 108 Å². The van der Waals surface area contributed by atoms with Crippen LogP contribution >= 0.6 is 46.6 Å². The smallest absolute Gasteiger partial charge is 0.100 e. The number of para-hydroxylation sites is 2. The van der Waals surface area contributed by atoms with Gasteiger partial charge < -0.3 is 14.8 Å². The highest BCUT2D eigenvalue weighted by Gasteiger charge is 2.58. The van der Waals surface area contributed by atoms with Crippen molar-refractivity contribution in [2.75, 3.05) is 0 Å². The van der Waals surface area contributed by atoms with Crippen molar-refractivity contribution in [2.24, 2.45) is 57.2 Å². The average Bonchev–Trinajstić information content (AvgIpc) is 3.78. The molecule has 2 aromatic rings. The van der Waals surface area contributed by atoms with Gasteiger partial charge in [-0.25, -0.2) is 4.98 Å². The van der Waals surface area contributed by atoms with E-state index in [0.29, 0.717) is 16.2 Å². The molecule has 4 saturated carbocycles. The van der Waals surface area contributed by atoms with Crippen LogP contribution in [-0.2, 0) is 0 Å². The number of aliphatic hydroxyl groups is 2. The molecular formula is C45H60I2N2O2. The Kier molecular flexibility index (Phi) is 9.68.